The maximum absolute atomic E-state index is 5.38. The van der Waals surface area contributed by atoms with E-state index in [-0.39, 0.29) is 12.1 Å². The zero-order valence-electron chi connectivity index (χ0n) is 11.4. The molecule has 3 rings (SSSR count). The third kappa shape index (κ3) is 2.63. The van der Waals surface area contributed by atoms with Crippen LogP contribution in [0.2, 0.25) is 0 Å². The van der Waals surface area contributed by atoms with E-state index in [2.05, 4.69) is 31.4 Å². The van der Waals surface area contributed by atoms with Crippen LogP contribution in [0, 0.1) is 6.92 Å². The quantitative estimate of drug-likeness (QED) is 0.933. The largest absolute Gasteiger partial charge is 0.380 e. The van der Waals surface area contributed by atoms with Gasteiger partial charge in [-0.25, -0.2) is 0 Å². The van der Waals surface area contributed by atoms with Crippen molar-refractivity contribution >= 4 is 15.9 Å². The highest BCUT2D eigenvalue weighted by atomic mass is 79.9. The Morgan fingerprint density at radius 1 is 1.45 bits per heavy atom. The van der Waals surface area contributed by atoms with Gasteiger partial charge in [0, 0.05) is 23.7 Å². The number of hydrogen-bond donors (Lipinski definition) is 1. The zero-order valence-corrected chi connectivity index (χ0v) is 13.0. The summed E-state index contributed by atoms with van der Waals surface area (Å²) in [6, 6.07) is 6.14. The molecule has 2 heterocycles. The number of ether oxygens (including phenoxy) is 1. The van der Waals surface area contributed by atoms with E-state index >= 15 is 0 Å². The van der Waals surface area contributed by atoms with E-state index in [1.54, 1.807) is 7.11 Å². The first-order valence-corrected chi connectivity index (χ1v) is 7.33. The first-order valence-electron chi connectivity index (χ1n) is 6.53. The Hall–Kier alpha value is -1.24. The minimum atomic E-state index is 0.0745. The molecule has 1 N–H and O–H groups in total. The van der Waals surface area contributed by atoms with Crippen LogP contribution >= 0.6 is 15.9 Å². The molecule has 1 fully saturated rings. The first kappa shape index (κ1) is 13.7. The van der Waals surface area contributed by atoms with E-state index in [0.717, 1.165) is 23.0 Å². The summed E-state index contributed by atoms with van der Waals surface area (Å²) in [5, 5.41) is 7.40. The molecule has 6 heteroatoms. The van der Waals surface area contributed by atoms with Crippen molar-refractivity contribution in [2.75, 3.05) is 13.7 Å². The van der Waals surface area contributed by atoms with E-state index in [1.165, 1.54) is 5.56 Å². The highest BCUT2D eigenvalue weighted by Crippen LogP contribution is 2.29. The van der Waals surface area contributed by atoms with E-state index < -0.39 is 0 Å². The highest BCUT2D eigenvalue weighted by molar-refractivity contribution is 9.10. The van der Waals surface area contributed by atoms with Gasteiger partial charge in [-0.1, -0.05) is 27.2 Å². The van der Waals surface area contributed by atoms with Crippen LogP contribution < -0.4 is 5.32 Å². The predicted octanol–water partition coefficient (Wildman–Crippen LogP) is 2.86. The average Bonchev–Trinajstić information content (AvgIpc) is 3.07. The Balaban J connectivity index is 1.83. The van der Waals surface area contributed by atoms with Crippen molar-refractivity contribution in [3.8, 4) is 11.4 Å². The summed E-state index contributed by atoms with van der Waals surface area (Å²) in [4.78, 5) is 4.50. The van der Waals surface area contributed by atoms with Crippen LogP contribution in [-0.4, -0.2) is 29.9 Å². The van der Waals surface area contributed by atoms with Crippen LogP contribution in [0.3, 0.4) is 0 Å². The second-order valence-corrected chi connectivity index (χ2v) is 5.85. The van der Waals surface area contributed by atoms with Crippen LogP contribution in [0.1, 0.15) is 23.9 Å². The van der Waals surface area contributed by atoms with E-state index in [4.69, 9.17) is 9.26 Å². The van der Waals surface area contributed by atoms with Crippen LogP contribution in [0.4, 0.5) is 0 Å². The lowest BCUT2D eigenvalue weighted by Gasteiger charge is -2.04. The Bertz CT molecular complexity index is 614. The van der Waals surface area contributed by atoms with Crippen molar-refractivity contribution in [3.63, 3.8) is 0 Å². The molecule has 2 atom stereocenters. The third-order valence-corrected chi connectivity index (χ3v) is 4.19. The van der Waals surface area contributed by atoms with Crippen molar-refractivity contribution in [2.24, 2.45) is 0 Å². The molecule has 0 radical (unpaired) electrons. The monoisotopic (exact) mass is 337 g/mol. The maximum atomic E-state index is 5.38. The fourth-order valence-electron chi connectivity index (χ4n) is 2.36. The van der Waals surface area contributed by atoms with Crippen molar-refractivity contribution in [1.82, 2.24) is 15.5 Å². The molecule has 1 saturated heterocycles. The summed E-state index contributed by atoms with van der Waals surface area (Å²) in [6.45, 7) is 2.86. The van der Waals surface area contributed by atoms with Gasteiger partial charge >= 0.3 is 0 Å². The van der Waals surface area contributed by atoms with E-state index in [9.17, 15) is 0 Å². The second kappa shape index (κ2) is 5.63. The molecule has 0 aliphatic carbocycles. The predicted molar refractivity (Wildman–Crippen MR) is 78.3 cm³/mol. The third-order valence-electron chi connectivity index (χ3n) is 3.53. The SMILES string of the molecule is CO[C@@H]1CN[C@@H](c2nc(-c3ccc(C)cc3Br)no2)C1. The number of aryl methyl sites for hydroxylation is 1. The highest BCUT2D eigenvalue weighted by Gasteiger charge is 2.29. The Morgan fingerprint density at radius 2 is 2.30 bits per heavy atom. The van der Waals surface area contributed by atoms with Gasteiger partial charge in [0.15, 0.2) is 0 Å². The van der Waals surface area contributed by atoms with Crippen LogP contribution in [0.5, 0.6) is 0 Å². The number of benzene rings is 1. The van der Waals surface area contributed by atoms with Crippen molar-refractivity contribution < 1.29 is 9.26 Å². The van der Waals surface area contributed by atoms with Crippen molar-refractivity contribution in [2.45, 2.75) is 25.5 Å². The molecular formula is C14H16BrN3O2. The molecule has 1 aliphatic rings. The van der Waals surface area contributed by atoms with Gasteiger partial charge in [-0.3, -0.25) is 0 Å². The Kier molecular flexibility index (Phi) is 3.87. The molecule has 0 unspecified atom stereocenters. The molecule has 2 aromatic rings. The molecule has 0 bridgehead atoms. The number of halogens is 1. The van der Waals surface area contributed by atoms with Gasteiger partial charge in [0.2, 0.25) is 11.7 Å². The number of nitrogens with one attached hydrogen (secondary N) is 1. The smallest absolute Gasteiger partial charge is 0.244 e. The summed E-state index contributed by atoms with van der Waals surface area (Å²) in [5.41, 5.74) is 2.12. The van der Waals surface area contributed by atoms with Crippen molar-refractivity contribution in [3.05, 3.63) is 34.1 Å². The Morgan fingerprint density at radius 3 is 3.00 bits per heavy atom. The molecule has 20 heavy (non-hydrogen) atoms. The van der Waals surface area contributed by atoms with Crippen LogP contribution in [0.25, 0.3) is 11.4 Å². The molecule has 1 aromatic carbocycles. The lowest BCUT2D eigenvalue weighted by Crippen LogP contribution is -2.16. The number of methoxy groups -OCH3 is 1. The lowest BCUT2D eigenvalue weighted by molar-refractivity contribution is 0.116. The number of aromatic nitrogens is 2. The van der Waals surface area contributed by atoms with E-state index in [0.29, 0.717) is 11.7 Å². The van der Waals surface area contributed by atoms with Gasteiger partial charge in [-0.05, 0) is 31.0 Å². The normalized spacial score (nSPS) is 22.4. The summed E-state index contributed by atoms with van der Waals surface area (Å²) < 4.78 is 11.7. The van der Waals surface area contributed by atoms with Crippen molar-refractivity contribution in [1.29, 1.82) is 0 Å². The van der Waals surface area contributed by atoms with Gasteiger partial charge in [0.1, 0.15) is 0 Å². The molecule has 0 saturated carbocycles. The van der Waals surface area contributed by atoms with Gasteiger partial charge in [-0.2, -0.15) is 4.98 Å². The topological polar surface area (TPSA) is 60.2 Å². The number of rotatable bonds is 3. The number of hydrogen-bond acceptors (Lipinski definition) is 5. The lowest BCUT2D eigenvalue weighted by atomic mass is 10.1. The molecule has 106 valence electrons. The first-order chi connectivity index (χ1) is 9.67. The molecule has 5 nitrogen and oxygen atoms in total. The fraction of sp³-hybridized carbons (Fsp3) is 0.429. The average molecular weight is 338 g/mol. The standard InChI is InChI=1S/C14H16BrN3O2/c1-8-3-4-10(11(15)5-8)13-17-14(20-18-13)12-6-9(19-2)7-16-12/h3-5,9,12,16H,6-7H2,1-2H3/t9-,12+/m0/s1. The Labute approximate surface area is 125 Å². The summed E-state index contributed by atoms with van der Waals surface area (Å²) in [5.74, 6) is 1.22. The summed E-state index contributed by atoms with van der Waals surface area (Å²) >= 11 is 3.54. The summed E-state index contributed by atoms with van der Waals surface area (Å²) in [6.07, 6.45) is 1.06. The summed E-state index contributed by atoms with van der Waals surface area (Å²) in [7, 11) is 1.72. The number of nitrogens with zero attached hydrogens (tertiary/aromatic N) is 2. The molecule has 1 aromatic heterocycles. The maximum Gasteiger partial charge on any atom is 0.244 e. The van der Waals surface area contributed by atoms with E-state index in [1.807, 2.05) is 25.1 Å². The zero-order chi connectivity index (χ0) is 14.1. The molecule has 0 spiro atoms. The van der Waals surface area contributed by atoms with Crippen LogP contribution in [0.15, 0.2) is 27.2 Å². The van der Waals surface area contributed by atoms with Gasteiger partial charge in [0.05, 0.1) is 12.1 Å². The van der Waals surface area contributed by atoms with Gasteiger partial charge in [-0.15, -0.1) is 0 Å². The van der Waals surface area contributed by atoms with Gasteiger partial charge in [0.25, 0.3) is 0 Å². The minimum Gasteiger partial charge on any atom is -0.380 e. The molecule has 1 aliphatic heterocycles. The molecule has 0 amide bonds. The van der Waals surface area contributed by atoms with Crippen LogP contribution in [-0.2, 0) is 4.74 Å². The second-order valence-electron chi connectivity index (χ2n) is 4.99. The molecular weight excluding hydrogens is 322 g/mol. The van der Waals surface area contributed by atoms with Gasteiger partial charge < -0.3 is 14.6 Å². The minimum absolute atomic E-state index is 0.0745. The fourth-order valence-corrected chi connectivity index (χ4v) is 3.03.